The third kappa shape index (κ3) is 5.14. The van der Waals surface area contributed by atoms with E-state index in [2.05, 4.69) is 15.6 Å². The van der Waals surface area contributed by atoms with Crippen LogP contribution in [0.25, 0.3) is 0 Å². The van der Waals surface area contributed by atoms with Gasteiger partial charge in [-0.2, -0.15) is 0 Å². The van der Waals surface area contributed by atoms with Crippen LogP contribution in [0.5, 0.6) is 5.88 Å². The average molecular weight is 251 g/mol. The number of carbonyl (C=O) groups excluding carboxylic acids is 1. The Hall–Kier alpha value is -1.62. The zero-order chi connectivity index (χ0) is 13.4. The summed E-state index contributed by atoms with van der Waals surface area (Å²) in [6.07, 6.45) is 2.07. The number of hydrogen-bond donors (Lipinski definition) is 2. The van der Waals surface area contributed by atoms with Crippen LogP contribution < -0.4 is 15.4 Å². The maximum absolute atomic E-state index is 11.7. The molecule has 0 unspecified atom stereocenters. The summed E-state index contributed by atoms with van der Waals surface area (Å²) >= 11 is 0. The van der Waals surface area contributed by atoms with Crippen molar-refractivity contribution < 1.29 is 9.53 Å². The molecule has 0 radical (unpaired) electrons. The van der Waals surface area contributed by atoms with Crippen molar-refractivity contribution in [2.24, 2.45) is 0 Å². The quantitative estimate of drug-likeness (QED) is 0.775. The lowest BCUT2D eigenvalue weighted by molar-refractivity contribution is -0.116. The number of anilines is 1. The highest BCUT2D eigenvalue weighted by atomic mass is 16.5. The molecule has 1 heterocycles. The second kappa shape index (κ2) is 7.66. The first-order valence-electron chi connectivity index (χ1n) is 6.24. The molecule has 1 amide bonds. The number of nitrogens with zero attached hydrogens (tertiary/aromatic N) is 1. The van der Waals surface area contributed by atoms with Gasteiger partial charge in [0.1, 0.15) is 5.69 Å². The number of amides is 1. The van der Waals surface area contributed by atoms with Crippen molar-refractivity contribution in [2.75, 3.05) is 18.5 Å². The Labute approximate surface area is 108 Å². The second-order valence-electron chi connectivity index (χ2n) is 4.20. The van der Waals surface area contributed by atoms with Crippen molar-refractivity contribution in [3.63, 3.8) is 0 Å². The van der Waals surface area contributed by atoms with E-state index in [1.807, 2.05) is 20.8 Å². The van der Waals surface area contributed by atoms with Gasteiger partial charge in [0.2, 0.25) is 11.8 Å². The topological polar surface area (TPSA) is 63.2 Å². The molecule has 0 aromatic carbocycles. The summed E-state index contributed by atoms with van der Waals surface area (Å²) in [5.41, 5.74) is 0.619. The molecule has 0 aliphatic rings. The predicted molar refractivity (Wildman–Crippen MR) is 71.8 cm³/mol. The van der Waals surface area contributed by atoms with Crippen LogP contribution in [0.1, 0.15) is 27.2 Å². The van der Waals surface area contributed by atoms with Crippen LogP contribution in [-0.2, 0) is 4.79 Å². The third-order valence-corrected chi connectivity index (χ3v) is 2.23. The normalized spacial score (nSPS) is 10.4. The molecule has 0 aliphatic heterocycles. The molecule has 0 aliphatic carbocycles. The van der Waals surface area contributed by atoms with E-state index in [0.717, 1.165) is 0 Å². The molecule has 0 spiro atoms. The number of carbonyl (C=O) groups is 1. The van der Waals surface area contributed by atoms with Crippen LogP contribution >= 0.6 is 0 Å². The number of hydrogen-bond acceptors (Lipinski definition) is 4. The van der Waals surface area contributed by atoms with Gasteiger partial charge in [0.25, 0.3) is 0 Å². The zero-order valence-corrected chi connectivity index (χ0v) is 11.2. The van der Waals surface area contributed by atoms with Crippen LogP contribution in [0.4, 0.5) is 5.69 Å². The minimum absolute atomic E-state index is 0.0443. The van der Waals surface area contributed by atoms with Crippen molar-refractivity contribution in [3.8, 4) is 5.88 Å². The Morgan fingerprint density at radius 3 is 2.94 bits per heavy atom. The summed E-state index contributed by atoms with van der Waals surface area (Å²) < 4.78 is 5.34. The van der Waals surface area contributed by atoms with E-state index in [1.165, 1.54) is 0 Å². The fraction of sp³-hybridized carbons (Fsp3) is 0.538. The van der Waals surface area contributed by atoms with E-state index in [-0.39, 0.29) is 5.91 Å². The van der Waals surface area contributed by atoms with Crippen LogP contribution in [0.3, 0.4) is 0 Å². The number of ether oxygens (including phenoxy) is 1. The maximum Gasteiger partial charge on any atom is 0.237 e. The average Bonchev–Trinajstić information content (AvgIpc) is 2.31. The van der Waals surface area contributed by atoms with Gasteiger partial charge in [-0.3, -0.25) is 4.79 Å². The van der Waals surface area contributed by atoms with E-state index < -0.39 is 0 Å². The minimum atomic E-state index is -0.0443. The molecule has 0 saturated heterocycles. The van der Waals surface area contributed by atoms with E-state index in [4.69, 9.17) is 4.74 Å². The van der Waals surface area contributed by atoms with Gasteiger partial charge in [0, 0.05) is 25.2 Å². The van der Waals surface area contributed by atoms with Gasteiger partial charge in [0.05, 0.1) is 6.61 Å². The van der Waals surface area contributed by atoms with Gasteiger partial charge >= 0.3 is 0 Å². The fourth-order valence-electron chi connectivity index (χ4n) is 1.42. The molecular weight excluding hydrogens is 230 g/mol. The molecule has 5 heteroatoms. The second-order valence-corrected chi connectivity index (χ2v) is 4.20. The molecule has 1 aromatic heterocycles. The van der Waals surface area contributed by atoms with Gasteiger partial charge < -0.3 is 15.4 Å². The summed E-state index contributed by atoms with van der Waals surface area (Å²) in [6, 6.07) is 3.94. The van der Waals surface area contributed by atoms with Crippen molar-refractivity contribution in [1.29, 1.82) is 0 Å². The molecule has 0 fully saturated rings. The number of rotatable bonds is 7. The molecule has 100 valence electrons. The monoisotopic (exact) mass is 251 g/mol. The van der Waals surface area contributed by atoms with E-state index in [9.17, 15) is 4.79 Å². The summed E-state index contributed by atoms with van der Waals surface area (Å²) in [7, 11) is 0. The smallest absolute Gasteiger partial charge is 0.237 e. The van der Waals surface area contributed by atoms with Crippen LogP contribution in [0, 0.1) is 0 Å². The number of nitrogens with one attached hydrogen (secondary N) is 2. The lowest BCUT2D eigenvalue weighted by atomic mass is 10.3. The van der Waals surface area contributed by atoms with Crippen LogP contribution in [0.15, 0.2) is 18.3 Å². The lowest BCUT2D eigenvalue weighted by Gasteiger charge is -2.11. The molecule has 18 heavy (non-hydrogen) atoms. The Morgan fingerprint density at radius 1 is 1.50 bits per heavy atom. The molecule has 1 aromatic rings. The van der Waals surface area contributed by atoms with Crippen molar-refractivity contribution in [1.82, 2.24) is 10.3 Å². The highest BCUT2D eigenvalue weighted by Crippen LogP contribution is 2.20. The van der Waals surface area contributed by atoms with Gasteiger partial charge in [-0.05, 0) is 19.1 Å². The Kier molecular flexibility index (Phi) is 6.14. The van der Waals surface area contributed by atoms with Gasteiger partial charge in [-0.15, -0.1) is 0 Å². The first-order chi connectivity index (χ1) is 8.63. The molecule has 5 nitrogen and oxygen atoms in total. The summed E-state index contributed by atoms with van der Waals surface area (Å²) in [5, 5.41) is 6.00. The van der Waals surface area contributed by atoms with Crippen LogP contribution in [-0.4, -0.2) is 30.1 Å². The summed E-state index contributed by atoms with van der Waals surface area (Å²) in [5.74, 6) is 0.419. The largest absolute Gasteiger partial charge is 0.476 e. The summed E-state index contributed by atoms with van der Waals surface area (Å²) in [6.45, 7) is 7.16. The molecular formula is C13H21N3O2. The number of aromatic nitrogens is 1. The van der Waals surface area contributed by atoms with Gasteiger partial charge in [-0.1, -0.05) is 13.8 Å². The maximum atomic E-state index is 11.7. The molecule has 0 atom stereocenters. The third-order valence-electron chi connectivity index (χ3n) is 2.23. The highest BCUT2D eigenvalue weighted by Gasteiger charge is 2.08. The zero-order valence-electron chi connectivity index (χ0n) is 11.2. The van der Waals surface area contributed by atoms with Crippen molar-refractivity contribution in [3.05, 3.63) is 18.3 Å². The first-order valence-corrected chi connectivity index (χ1v) is 6.24. The molecule has 1 rings (SSSR count). The number of pyridine rings is 1. The standard InChI is InChI=1S/C13H21N3O2/c1-4-18-13-11(6-5-8-15-13)16-12(17)7-9-14-10(2)3/h5-6,8,10,14H,4,7,9H2,1-3H3,(H,16,17). The summed E-state index contributed by atoms with van der Waals surface area (Å²) in [4.78, 5) is 15.8. The Balaban J connectivity index is 2.48. The lowest BCUT2D eigenvalue weighted by Crippen LogP contribution is -2.27. The first kappa shape index (κ1) is 14.4. The Morgan fingerprint density at radius 2 is 2.28 bits per heavy atom. The van der Waals surface area contributed by atoms with Crippen molar-refractivity contribution in [2.45, 2.75) is 33.2 Å². The van der Waals surface area contributed by atoms with E-state index in [0.29, 0.717) is 37.2 Å². The van der Waals surface area contributed by atoms with Crippen LogP contribution in [0.2, 0.25) is 0 Å². The van der Waals surface area contributed by atoms with E-state index >= 15 is 0 Å². The molecule has 2 N–H and O–H groups in total. The van der Waals surface area contributed by atoms with Gasteiger partial charge in [-0.25, -0.2) is 4.98 Å². The van der Waals surface area contributed by atoms with E-state index in [1.54, 1.807) is 18.3 Å². The Bertz CT molecular complexity index is 380. The SMILES string of the molecule is CCOc1ncccc1NC(=O)CCNC(C)C. The fourth-order valence-corrected chi connectivity index (χ4v) is 1.42. The van der Waals surface area contributed by atoms with Crippen molar-refractivity contribution >= 4 is 11.6 Å². The predicted octanol–water partition coefficient (Wildman–Crippen LogP) is 1.81. The molecule has 0 saturated carbocycles. The highest BCUT2D eigenvalue weighted by molar-refractivity contribution is 5.91. The minimum Gasteiger partial charge on any atom is -0.476 e. The molecule has 0 bridgehead atoms. The van der Waals surface area contributed by atoms with Gasteiger partial charge in [0.15, 0.2) is 0 Å².